The zero-order valence-electron chi connectivity index (χ0n) is 8.78. The summed E-state index contributed by atoms with van der Waals surface area (Å²) in [6.45, 7) is 1.99. The Kier molecular flexibility index (Phi) is 3.89. The SMILES string of the molecule is CCC(C=O)=Cc1ccc(N(C)C)s1. The minimum absolute atomic E-state index is 0.790. The molecule has 2 nitrogen and oxygen atoms in total. The molecule has 0 fully saturated rings. The lowest BCUT2D eigenvalue weighted by Crippen LogP contribution is -2.05. The summed E-state index contributed by atoms with van der Waals surface area (Å²) in [4.78, 5) is 13.8. The molecule has 3 heteroatoms. The fraction of sp³-hybridized carbons (Fsp3) is 0.364. The van der Waals surface area contributed by atoms with Gasteiger partial charge in [-0.25, -0.2) is 0 Å². The standard InChI is InChI=1S/C11H15NOS/c1-4-9(8-13)7-10-5-6-11(14-10)12(2)3/h5-8H,4H2,1-3H3. The summed E-state index contributed by atoms with van der Waals surface area (Å²) in [7, 11) is 4.03. The normalized spacial score (nSPS) is 11.5. The minimum Gasteiger partial charge on any atom is -0.370 e. The molecule has 0 saturated heterocycles. The fourth-order valence-electron chi connectivity index (χ4n) is 1.06. The van der Waals surface area contributed by atoms with Crippen molar-refractivity contribution < 1.29 is 4.79 Å². The van der Waals surface area contributed by atoms with E-state index in [4.69, 9.17) is 0 Å². The first-order valence-corrected chi connectivity index (χ1v) is 5.42. The first kappa shape index (κ1) is 11.0. The number of rotatable bonds is 4. The Balaban J connectivity index is 2.86. The second-order valence-corrected chi connectivity index (χ2v) is 4.35. The van der Waals surface area contributed by atoms with E-state index < -0.39 is 0 Å². The Labute approximate surface area is 88.9 Å². The summed E-state index contributed by atoms with van der Waals surface area (Å²) in [5.74, 6) is 0. The Morgan fingerprint density at radius 3 is 2.64 bits per heavy atom. The molecular weight excluding hydrogens is 194 g/mol. The van der Waals surface area contributed by atoms with Crippen LogP contribution in [-0.4, -0.2) is 20.4 Å². The third kappa shape index (κ3) is 2.70. The van der Waals surface area contributed by atoms with Crippen LogP contribution in [0.15, 0.2) is 17.7 Å². The monoisotopic (exact) mass is 209 g/mol. The Bertz CT molecular complexity index is 339. The van der Waals surface area contributed by atoms with Gasteiger partial charge in [-0.2, -0.15) is 0 Å². The number of hydrogen-bond donors (Lipinski definition) is 0. The lowest BCUT2D eigenvalue weighted by molar-refractivity contribution is -0.104. The van der Waals surface area contributed by atoms with E-state index in [0.29, 0.717) is 0 Å². The summed E-state index contributed by atoms with van der Waals surface area (Å²) in [5.41, 5.74) is 0.845. The van der Waals surface area contributed by atoms with E-state index in [-0.39, 0.29) is 0 Å². The number of hydrogen-bond acceptors (Lipinski definition) is 3. The van der Waals surface area contributed by atoms with Gasteiger partial charge in [0.1, 0.15) is 6.29 Å². The maximum Gasteiger partial charge on any atom is 0.146 e. The van der Waals surface area contributed by atoms with Crippen LogP contribution in [0.25, 0.3) is 6.08 Å². The summed E-state index contributed by atoms with van der Waals surface area (Å²) in [6, 6.07) is 4.10. The molecule has 1 aromatic rings. The Hall–Kier alpha value is -1.09. The number of thiophene rings is 1. The Morgan fingerprint density at radius 2 is 2.21 bits per heavy atom. The first-order valence-electron chi connectivity index (χ1n) is 4.60. The van der Waals surface area contributed by atoms with Crippen LogP contribution in [0.3, 0.4) is 0 Å². The lowest BCUT2D eigenvalue weighted by atomic mass is 10.2. The molecule has 0 aliphatic heterocycles. The van der Waals surface area contributed by atoms with Crippen molar-refractivity contribution in [3.05, 3.63) is 22.6 Å². The smallest absolute Gasteiger partial charge is 0.146 e. The predicted octanol–water partition coefficient (Wildman–Crippen LogP) is 2.81. The summed E-state index contributed by atoms with van der Waals surface area (Å²) < 4.78 is 0. The van der Waals surface area contributed by atoms with Crippen molar-refractivity contribution in [3.63, 3.8) is 0 Å². The highest BCUT2D eigenvalue weighted by molar-refractivity contribution is 7.16. The zero-order valence-corrected chi connectivity index (χ0v) is 9.60. The quantitative estimate of drug-likeness (QED) is 0.561. The van der Waals surface area contributed by atoms with E-state index in [2.05, 4.69) is 11.0 Å². The topological polar surface area (TPSA) is 20.3 Å². The lowest BCUT2D eigenvalue weighted by Gasteiger charge is -2.06. The van der Waals surface area contributed by atoms with Gasteiger partial charge in [-0.1, -0.05) is 6.92 Å². The molecule has 0 aliphatic carbocycles. The number of nitrogens with zero attached hydrogens (tertiary/aromatic N) is 1. The molecule has 0 aromatic carbocycles. The molecule has 0 saturated carbocycles. The van der Waals surface area contributed by atoms with Crippen LogP contribution in [0.2, 0.25) is 0 Å². The van der Waals surface area contributed by atoms with E-state index >= 15 is 0 Å². The minimum atomic E-state index is 0.790. The van der Waals surface area contributed by atoms with Gasteiger partial charge in [-0.3, -0.25) is 4.79 Å². The van der Waals surface area contributed by atoms with Crippen molar-refractivity contribution in [1.29, 1.82) is 0 Å². The molecule has 0 radical (unpaired) electrons. The zero-order chi connectivity index (χ0) is 10.6. The molecule has 0 aliphatic rings. The van der Waals surface area contributed by atoms with Crippen molar-refractivity contribution >= 4 is 28.7 Å². The maximum atomic E-state index is 10.6. The van der Waals surface area contributed by atoms with E-state index in [1.807, 2.05) is 33.2 Å². The third-order valence-corrected chi connectivity index (χ3v) is 3.14. The van der Waals surface area contributed by atoms with Crippen LogP contribution in [-0.2, 0) is 4.79 Å². The highest BCUT2D eigenvalue weighted by Crippen LogP contribution is 2.26. The molecule has 0 bridgehead atoms. The van der Waals surface area contributed by atoms with Crippen LogP contribution in [0, 0.1) is 0 Å². The van der Waals surface area contributed by atoms with Gasteiger partial charge >= 0.3 is 0 Å². The second kappa shape index (κ2) is 4.96. The van der Waals surface area contributed by atoms with Crippen LogP contribution in [0.5, 0.6) is 0 Å². The van der Waals surface area contributed by atoms with E-state index in [9.17, 15) is 4.79 Å². The van der Waals surface area contributed by atoms with Crippen molar-refractivity contribution in [3.8, 4) is 0 Å². The molecule has 0 amide bonds. The molecule has 0 spiro atoms. The number of allylic oxidation sites excluding steroid dienone is 1. The van der Waals surface area contributed by atoms with Gasteiger partial charge in [0.25, 0.3) is 0 Å². The molecule has 0 N–H and O–H groups in total. The highest BCUT2D eigenvalue weighted by atomic mass is 32.1. The largest absolute Gasteiger partial charge is 0.370 e. The summed E-state index contributed by atoms with van der Waals surface area (Å²) >= 11 is 1.69. The van der Waals surface area contributed by atoms with Gasteiger partial charge in [0.05, 0.1) is 5.00 Å². The van der Waals surface area contributed by atoms with E-state index in [1.54, 1.807) is 11.3 Å². The molecule has 76 valence electrons. The number of carbonyl (C=O) groups is 1. The van der Waals surface area contributed by atoms with Gasteiger partial charge in [0, 0.05) is 19.0 Å². The number of anilines is 1. The molecular formula is C11H15NOS. The van der Waals surface area contributed by atoms with Gasteiger partial charge in [0.15, 0.2) is 0 Å². The second-order valence-electron chi connectivity index (χ2n) is 3.26. The first-order chi connectivity index (χ1) is 6.67. The van der Waals surface area contributed by atoms with Crippen molar-refractivity contribution in [1.82, 2.24) is 0 Å². The van der Waals surface area contributed by atoms with Gasteiger partial charge < -0.3 is 4.90 Å². The molecule has 1 rings (SSSR count). The molecule has 14 heavy (non-hydrogen) atoms. The van der Waals surface area contributed by atoms with Crippen LogP contribution in [0.4, 0.5) is 5.00 Å². The highest BCUT2D eigenvalue weighted by Gasteiger charge is 2.00. The fourth-order valence-corrected chi connectivity index (χ4v) is 1.97. The van der Waals surface area contributed by atoms with Crippen LogP contribution in [0.1, 0.15) is 18.2 Å². The van der Waals surface area contributed by atoms with Gasteiger partial charge in [-0.05, 0) is 30.2 Å². The molecule has 0 unspecified atom stereocenters. The average Bonchev–Trinajstić information content (AvgIpc) is 2.62. The van der Waals surface area contributed by atoms with Crippen molar-refractivity contribution in [2.75, 3.05) is 19.0 Å². The summed E-state index contributed by atoms with van der Waals surface area (Å²) in [5, 5.41) is 1.21. The molecule has 1 aromatic heterocycles. The number of carbonyl (C=O) groups excluding carboxylic acids is 1. The maximum absolute atomic E-state index is 10.6. The summed E-state index contributed by atoms with van der Waals surface area (Å²) in [6.07, 6.45) is 3.67. The third-order valence-electron chi connectivity index (χ3n) is 1.94. The van der Waals surface area contributed by atoms with Gasteiger partial charge in [-0.15, -0.1) is 11.3 Å². The van der Waals surface area contributed by atoms with E-state index in [0.717, 1.165) is 23.2 Å². The predicted molar refractivity (Wildman–Crippen MR) is 63.0 cm³/mol. The van der Waals surface area contributed by atoms with Crippen molar-refractivity contribution in [2.24, 2.45) is 0 Å². The Morgan fingerprint density at radius 1 is 1.50 bits per heavy atom. The average molecular weight is 209 g/mol. The molecule has 0 atom stereocenters. The van der Waals surface area contributed by atoms with Gasteiger partial charge in [0.2, 0.25) is 0 Å². The number of aldehydes is 1. The van der Waals surface area contributed by atoms with E-state index in [1.165, 1.54) is 5.00 Å². The molecule has 1 heterocycles. The van der Waals surface area contributed by atoms with Crippen molar-refractivity contribution in [2.45, 2.75) is 13.3 Å². The van der Waals surface area contributed by atoms with Crippen LogP contribution < -0.4 is 4.90 Å². The van der Waals surface area contributed by atoms with Crippen LogP contribution >= 0.6 is 11.3 Å².